The average Bonchev–Trinajstić information content (AvgIpc) is 3.05. The van der Waals surface area contributed by atoms with E-state index in [1.54, 1.807) is 24.2 Å². The molecule has 0 unspecified atom stereocenters. The quantitative estimate of drug-likeness (QED) is 0.696. The molecule has 0 aliphatic rings. The van der Waals surface area contributed by atoms with Gasteiger partial charge in [0.25, 0.3) is 5.91 Å². The summed E-state index contributed by atoms with van der Waals surface area (Å²) in [7, 11) is 3.42. The Kier molecular flexibility index (Phi) is 6.01. The maximum atomic E-state index is 12.6. The SMILES string of the molecule is CNC(=O)c1ccc2nc(-c3ccc(C)cc3)c(CN(C)C(=O)CC(C)C)n2c1. The van der Waals surface area contributed by atoms with E-state index in [4.69, 9.17) is 4.98 Å². The van der Waals surface area contributed by atoms with Crippen LogP contribution in [0.15, 0.2) is 42.6 Å². The van der Waals surface area contributed by atoms with Crippen LogP contribution in [0.2, 0.25) is 0 Å². The van der Waals surface area contributed by atoms with Gasteiger partial charge in [0.2, 0.25) is 5.91 Å². The maximum Gasteiger partial charge on any atom is 0.252 e. The van der Waals surface area contributed by atoms with Crippen LogP contribution < -0.4 is 5.32 Å². The van der Waals surface area contributed by atoms with Crippen LogP contribution >= 0.6 is 0 Å². The minimum Gasteiger partial charge on any atom is -0.355 e. The Balaban J connectivity index is 2.11. The predicted molar refractivity (Wildman–Crippen MR) is 115 cm³/mol. The molecular weight excluding hydrogens is 364 g/mol. The molecule has 0 saturated heterocycles. The molecule has 0 aliphatic carbocycles. The number of fused-ring (bicyclic) bond motifs is 1. The van der Waals surface area contributed by atoms with E-state index in [9.17, 15) is 9.59 Å². The fraction of sp³-hybridized carbons (Fsp3) is 0.348. The van der Waals surface area contributed by atoms with Crippen molar-refractivity contribution in [3.8, 4) is 11.3 Å². The highest BCUT2D eigenvalue weighted by Gasteiger charge is 2.19. The number of rotatable bonds is 6. The largest absolute Gasteiger partial charge is 0.355 e. The number of nitrogens with one attached hydrogen (secondary N) is 1. The van der Waals surface area contributed by atoms with Crippen molar-refractivity contribution < 1.29 is 9.59 Å². The number of nitrogens with zero attached hydrogens (tertiary/aromatic N) is 3. The first-order chi connectivity index (χ1) is 13.8. The topological polar surface area (TPSA) is 66.7 Å². The zero-order valence-electron chi connectivity index (χ0n) is 17.7. The first-order valence-electron chi connectivity index (χ1n) is 9.84. The van der Waals surface area contributed by atoms with Crippen LogP contribution in [-0.4, -0.2) is 40.2 Å². The molecule has 3 rings (SSSR count). The van der Waals surface area contributed by atoms with Crippen molar-refractivity contribution in [2.75, 3.05) is 14.1 Å². The molecule has 0 saturated carbocycles. The number of aromatic nitrogens is 2. The van der Waals surface area contributed by atoms with E-state index >= 15 is 0 Å². The lowest BCUT2D eigenvalue weighted by Gasteiger charge is -2.19. The number of hydrogen-bond acceptors (Lipinski definition) is 3. The standard InChI is InChI=1S/C23H28N4O2/c1-15(2)12-21(28)26(5)14-19-22(17-8-6-16(3)7-9-17)25-20-11-10-18(13-27(19)20)23(29)24-4/h6-11,13,15H,12,14H2,1-5H3,(H,24,29). The Morgan fingerprint density at radius 3 is 2.45 bits per heavy atom. The molecule has 1 aromatic carbocycles. The van der Waals surface area contributed by atoms with Crippen molar-refractivity contribution in [1.82, 2.24) is 19.6 Å². The van der Waals surface area contributed by atoms with Crippen molar-refractivity contribution in [3.05, 3.63) is 59.4 Å². The Morgan fingerprint density at radius 1 is 1.14 bits per heavy atom. The third-order valence-electron chi connectivity index (χ3n) is 4.93. The van der Waals surface area contributed by atoms with Crippen LogP contribution in [0, 0.1) is 12.8 Å². The van der Waals surface area contributed by atoms with Crippen LogP contribution in [0.1, 0.15) is 41.9 Å². The summed E-state index contributed by atoms with van der Waals surface area (Å²) in [5.41, 5.74) is 5.15. The Labute approximate surface area is 171 Å². The number of imidazole rings is 1. The van der Waals surface area contributed by atoms with Gasteiger partial charge < -0.3 is 14.6 Å². The second-order valence-electron chi connectivity index (χ2n) is 7.85. The van der Waals surface area contributed by atoms with Crippen LogP contribution in [0.4, 0.5) is 0 Å². The second-order valence-corrected chi connectivity index (χ2v) is 7.85. The zero-order chi connectivity index (χ0) is 21.1. The lowest BCUT2D eigenvalue weighted by Crippen LogP contribution is -2.28. The molecule has 0 bridgehead atoms. The van der Waals surface area contributed by atoms with Gasteiger partial charge in [0.15, 0.2) is 0 Å². The fourth-order valence-electron chi connectivity index (χ4n) is 3.28. The van der Waals surface area contributed by atoms with Gasteiger partial charge in [-0.15, -0.1) is 0 Å². The third-order valence-corrected chi connectivity index (χ3v) is 4.93. The van der Waals surface area contributed by atoms with Gasteiger partial charge in [0, 0.05) is 32.3 Å². The number of hydrogen-bond donors (Lipinski definition) is 1. The van der Waals surface area contributed by atoms with E-state index in [1.807, 2.05) is 62.6 Å². The van der Waals surface area contributed by atoms with Gasteiger partial charge in [-0.2, -0.15) is 0 Å². The van der Waals surface area contributed by atoms with E-state index in [-0.39, 0.29) is 11.8 Å². The second kappa shape index (κ2) is 8.47. The molecule has 0 atom stereocenters. The maximum absolute atomic E-state index is 12.6. The first kappa shape index (κ1) is 20.6. The molecule has 2 aromatic heterocycles. The molecule has 0 fully saturated rings. The number of carbonyl (C=O) groups excluding carboxylic acids is 2. The number of aryl methyl sites for hydroxylation is 1. The molecule has 6 heteroatoms. The third kappa shape index (κ3) is 4.47. The zero-order valence-corrected chi connectivity index (χ0v) is 17.7. The highest BCUT2D eigenvalue weighted by molar-refractivity contribution is 5.94. The van der Waals surface area contributed by atoms with Gasteiger partial charge in [0.05, 0.1) is 23.5 Å². The predicted octanol–water partition coefficient (Wildman–Crippen LogP) is 3.67. The van der Waals surface area contributed by atoms with Gasteiger partial charge in [-0.05, 0) is 25.0 Å². The number of amides is 2. The summed E-state index contributed by atoms with van der Waals surface area (Å²) < 4.78 is 1.92. The van der Waals surface area contributed by atoms with Crippen LogP contribution in [-0.2, 0) is 11.3 Å². The minimum atomic E-state index is -0.160. The molecule has 2 heterocycles. The molecule has 2 amide bonds. The molecule has 6 nitrogen and oxygen atoms in total. The van der Waals surface area contributed by atoms with Crippen molar-refractivity contribution in [2.45, 2.75) is 33.7 Å². The van der Waals surface area contributed by atoms with E-state index in [2.05, 4.69) is 5.32 Å². The molecule has 0 spiro atoms. The van der Waals surface area contributed by atoms with Crippen LogP contribution in [0.3, 0.4) is 0 Å². The summed E-state index contributed by atoms with van der Waals surface area (Å²) >= 11 is 0. The van der Waals surface area contributed by atoms with Gasteiger partial charge in [-0.3, -0.25) is 9.59 Å². The smallest absolute Gasteiger partial charge is 0.252 e. The molecule has 0 radical (unpaired) electrons. The molecule has 29 heavy (non-hydrogen) atoms. The summed E-state index contributed by atoms with van der Waals surface area (Å²) in [6, 6.07) is 11.8. The number of carbonyl (C=O) groups is 2. The first-order valence-corrected chi connectivity index (χ1v) is 9.84. The average molecular weight is 393 g/mol. The minimum absolute atomic E-state index is 0.0901. The van der Waals surface area contributed by atoms with Crippen LogP contribution in [0.25, 0.3) is 16.9 Å². The molecule has 0 aliphatic heterocycles. The Hall–Kier alpha value is -3.15. The lowest BCUT2D eigenvalue weighted by molar-refractivity contribution is -0.131. The lowest BCUT2D eigenvalue weighted by atomic mass is 10.1. The number of pyridine rings is 1. The van der Waals surface area contributed by atoms with E-state index in [0.29, 0.717) is 24.4 Å². The van der Waals surface area contributed by atoms with Gasteiger partial charge in [-0.1, -0.05) is 43.7 Å². The van der Waals surface area contributed by atoms with Crippen molar-refractivity contribution in [2.24, 2.45) is 5.92 Å². The van der Waals surface area contributed by atoms with Gasteiger partial charge >= 0.3 is 0 Å². The Morgan fingerprint density at radius 2 is 1.83 bits per heavy atom. The van der Waals surface area contributed by atoms with Crippen molar-refractivity contribution >= 4 is 17.5 Å². The highest BCUT2D eigenvalue weighted by atomic mass is 16.2. The molecular formula is C23H28N4O2. The normalized spacial score (nSPS) is 11.1. The fourth-order valence-corrected chi connectivity index (χ4v) is 3.28. The molecule has 152 valence electrons. The van der Waals surface area contributed by atoms with Crippen LogP contribution in [0.5, 0.6) is 0 Å². The van der Waals surface area contributed by atoms with Crippen molar-refractivity contribution in [1.29, 1.82) is 0 Å². The van der Waals surface area contributed by atoms with E-state index in [0.717, 1.165) is 22.6 Å². The van der Waals surface area contributed by atoms with E-state index in [1.165, 1.54) is 5.56 Å². The summed E-state index contributed by atoms with van der Waals surface area (Å²) in [4.78, 5) is 31.2. The summed E-state index contributed by atoms with van der Waals surface area (Å²) in [5.74, 6) is 0.225. The molecule has 3 aromatic rings. The van der Waals surface area contributed by atoms with Crippen molar-refractivity contribution in [3.63, 3.8) is 0 Å². The summed E-state index contributed by atoms with van der Waals surface area (Å²) in [6.07, 6.45) is 2.28. The molecule has 1 N–H and O–H groups in total. The van der Waals surface area contributed by atoms with Gasteiger partial charge in [-0.25, -0.2) is 4.98 Å². The van der Waals surface area contributed by atoms with Gasteiger partial charge in [0.1, 0.15) is 5.65 Å². The summed E-state index contributed by atoms with van der Waals surface area (Å²) in [5, 5.41) is 2.65. The Bertz CT molecular complexity index is 1030. The monoisotopic (exact) mass is 392 g/mol. The summed E-state index contributed by atoms with van der Waals surface area (Å²) in [6.45, 7) is 6.52. The highest BCUT2D eigenvalue weighted by Crippen LogP contribution is 2.26. The number of benzene rings is 1. The van der Waals surface area contributed by atoms with E-state index < -0.39 is 0 Å².